The molecule has 1 aliphatic rings. The van der Waals surface area contributed by atoms with Crippen molar-refractivity contribution < 1.29 is 13.9 Å². The van der Waals surface area contributed by atoms with Gasteiger partial charge in [0.1, 0.15) is 11.6 Å². The van der Waals surface area contributed by atoms with Crippen molar-refractivity contribution >= 4 is 6.41 Å². The van der Waals surface area contributed by atoms with Crippen molar-refractivity contribution in [1.82, 2.24) is 24.2 Å². The molecule has 9 heteroatoms. The van der Waals surface area contributed by atoms with Crippen LogP contribution in [0, 0.1) is 19.7 Å². The third kappa shape index (κ3) is 4.83. The Balaban J connectivity index is 0.000000427. The summed E-state index contributed by atoms with van der Waals surface area (Å²) in [6.45, 7) is 10.4. The fourth-order valence-corrected chi connectivity index (χ4v) is 3.43. The first-order valence-electron chi connectivity index (χ1n) is 10.4. The number of H-pyrrole nitrogens is 1. The molecule has 1 amide bonds. The largest absolute Gasteiger partial charge is 0.379 e. The quantitative estimate of drug-likeness (QED) is 0.631. The SMILES string of the molecule is COC(C)(C)C.Cc1cc(-n2nc3c(c2-n2cc[nH]c2=O)CN(C=O)CC3)cc(C)c1F. The predicted octanol–water partition coefficient (Wildman–Crippen LogP) is 3.05. The molecular weight excluding hydrogens is 413 g/mol. The van der Waals surface area contributed by atoms with Gasteiger partial charge in [0, 0.05) is 38.0 Å². The molecule has 1 aliphatic heterocycles. The Bertz CT molecular complexity index is 1150. The van der Waals surface area contributed by atoms with Crippen LogP contribution in [0.4, 0.5) is 4.39 Å². The number of fused-ring (bicyclic) bond motifs is 1. The van der Waals surface area contributed by atoms with Gasteiger partial charge in [-0.1, -0.05) is 0 Å². The first kappa shape index (κ1) is 23.5. The van der Waals surface area contributed by atoms with Crippen molar-refractivity contribution in [3.63, 3.8) is 0 Å². The highest BCUT2D eigenvalue weighted by Crippen LogP contribution is 2.28. The Hall–Kier alpha value is -3.20. The number of carbonyl (C=O) groups is 1. The molecule has 0 aliphatic carbocycles. The Labute approximate surface area is 186 Å². The summed E-state index contributed by atoms with van der Waals surface area (Å²) in [4.78, 5) is 27.7. The molecule has 8 nitrogen and oxygen atoms in total. The summed E-state index contributed by atoms with van der Waals surface area (Å²) in [6, 6.07) is 3.42. The number of methoxy groups -OCH3 is 1. The van der Waals surface area contributed by atoms with E-state index in [9.17, 15) is 14.0 Å². The molecule has 0 spiro atoms. The number of benzene rings is 1. The molecule has 2 aromatic heterocycles. The zero-order chi connectivity index (χ0) is 23.6. The molecular formula is C23H30FN5O3. The number of imidazole rings is 1. The first-order valence-corrected chi connectivity index (χ1v) is 10.4. The summed E-state index contributed by atoms with van der Waals surface area (Å²) in [5.41, 5.74) is 3.10. The van der Waals surface area contributed by atoms with Crippen LogP contribution in [0.3, 0.4) is 0 Å². The molecule has 4 rings (SSSR count). The van der Waals surface area contributed by atoms with Crippen molar-refractivity contribution in [3.05, 3.63) is 63.2 Å². The summed E-state index contributed by atoms with van der Waals surface area (Å²) in [6.07, 6.45) is 4.58. The van der Waals surface area contributed by atoms with Crippen molar-refractivity contribution in [2.75, 3.05) is 13.7 Å². The minimum absolute atomic E-state index is 0.0417. The number of aromatic amines is 1. The monoisotopic (exact) mass is 443 g/mol. The number of hydrogen-bond donors (Lipinski definition) is 1. The van der Waals surface area contributed by atoms with Crippen LogP contribution in [0.1, 0.15) is 43.2 Å². The maximum Gasteiger partial charge on any atom is 0.331 e. The number of hydrogen-bond acceptors (Lipinski definition) is 4. The van der Waals surface area contributed by atoms with Gasteiger partial charge in [-0.2, -0.15) is 5.10 Å². The van der Waals surface area contributed by atoms with Gasteiger partial charge in [-0.25, -0.2) is 13.9 Å². The van der Waals surface area contributed by atoms with E-state index in [-0.39, 0.29) is 17.1 Å². The predicted molar refractivity (Wildman–Crippen MR) is 120 cm³/mol. The van der Waals surface area contributed by atoms with Crippen LogP contribution in [0.15, 0.2) is 29.3 Å². The lowest BCUT2D eigenvalue weighted by molar-refractivity contribution is -0.118. The number of rotatable bonds is 3. The molecule has 0 radical (unpaired) electrons. The van der Waals surface area contributed by atoms with Crippen LogP contribution in [0.25, 0.3) is 11.5 Å². The molecule has 0 atom stereocenters. The van der Waals surface area contributed by atoms with Crippen LogP contribution in [0.2, 0.25) is 0 Å². The van der Waals surface area contributed by atoms with Crippen LogP contribution >= 0.6 is 0 Å². The van der Waals surface area contributed by atoms with E-state index in [4.69, 9.17) is 4.74 Å². The lowest BCUT2D eigenvalue weighted by Gasteiger charge is -2.22. The number of aromatic nitrogens is 4. The van der Waals surface area contributed by atoms with Crippen molar-refractivity contribution in [2.45, 2.75) is 53.2 Å². The van der Waals surface area contributed by atoms with E-state index in [1.807, 2.05) is 20.8 Å². The summed E-state index contributed by atoms with van der Waals surface area (Å²) in [5.74, 6) is 0.321. The zero-order valence-electron chi connectivity index (χ0n) is 19.4. The van der Waals surface area contributed by atoms with Crippen LogP contribution in [-0.4, -0.2) is 49.9 Å². The second-order valence-electron chi connectivity index (χ2n) is 8.83. The fraction of sp³-hybridized carbons (Fsp3) is 0.435. The zero-order valence-corrected chi connectivity index (χ0v) is 19.4. The smallest absolute Gasteiger partial charge is 0.331 e. The van der Waals surface area contributed by atoms with Gasteiger partial charge >= 0.3 is 5.69 Å². The molecule has 0 saturated carbocycles. The van der Waals surface area contributed by atoms with Crippen LogP contribution < -0.4 is 5.69 Å². The Morgan fingerprint density at radius 3 is 2.34 bits per heavy atom. The topological polar surface area (TPSA) is 85.2 Å². The minimum Gasteiger partial charge on any atom is -0.379 e. The normalized spacial score (nSPS) is 13.4. The maximum absolute atomic E-state index is 14.1. The van der Waals surface area contributed by atoms with E-state index in [0.29, 0.717) is 42.1 Å². The van der Waals surface area contributed by atoms with Crippen molar-refractivity contribution in [2.24, 2.45) is 0 Å². The fourth-order valence-electron chi connectivity index (χ4n) is 3.43. The molecule has 172 valence electrons. The van der Waals surface area contributed by atoms with Crippen molar-refractivity contribution in [1.29, 1.82) is 0 Å². The number of ether oxygens (including phenoxy) is 1. The summed E-state index contributed by atoms with van der Waals surface area (Å²) in [5, 5.41) is 4.68. The molecule has 0 bridgehead atoms. The minimum atomic E-state index is -0.298. The van der Waals surface area contributed by atoms with Gasteiger partial charge in [-0.15, -0.1) is 0 Å². The number of halogens is 1. The van der Waals surface area contributed by atoms with E-state index in [1.165, 1.54) is 4.57 Å². The van der Waals surface area contributed by atoms with E-state index in [2.05, 4.69) is 10.1 Å². The van der Waals surface area contributed by atoms with Gasteiger partial charge in [0.2, 0.25) is 6.41 Å². The first-order chi connectivity index (χ1) is 15.1. The maximum atomic E-state index is 14.1. The Kier molecular flexibility index (Phi) is 6.68. The van der Waals surface area contributed by atoms with E-state index in [0.717, 1.165) is 17.7 Å². The number of aryl methyl sites for hydroxylation is 2. The van der Waals surface area contributed by atoms with Crippen LogP contribution in [0.5, 0.6) is 0 Å². The third-order valence-corrected chi connectivity index (χ3v) is 5.34. The average Bonchev–Trinajstić information content (AvgIpc) is 3.33. The van der Waals surface area contributed by atoms with E-state index >= 15 is 0 Å². The summed E-state index contributed by atoms with van der Waals surface area (Å²) in [7, 11) is 1.71. The highest BCUT2D eigenvalue weighted by Gasteiger charge is 2.27. The Morgan fingerprint density at radius 2 is 1.84 bits per heavy atom. The number of nitrogens with one attached hydrogen (secondary N) is 1. The third-order valence-electron chi connectivity index (χ3n) is 5.34. The van der Waals surface area contributed by atoms with Gasteiger partial charge in [-0.3, -0.25) is 9.36 Å². The molecule has 1 aromatic carbocycles. The standard InChI is InChI=1S/C18H18FN5O2.C5H12O/c1-11-7-13(8-12(2)16(11)19)24-17(23-6-4-20-18(23)26)14-9-22(10-25)5-3-15(14)21-24;1-5(2,3)6-4/h4,6-8,10H,3,5,9H2,1-2H3,(H,20,26);1-4H3. The Morgan fingerprint density at radius 1 is 1.22 bits per heavy atom. The number of nitrogens with zero attached hydrogens (tertiary/aromatic N) is 4. The highest BCUT2D eigenvalue weighted by molar-refractivity contribution is 5.53. The van der Waals surface area contributed by atoms with Gasteiger partial charge in [0.05, 0.1) is 23.5 Å². The highest BCUT2D eigenvalue weighted by atomic mass is 19.1. The van der Waals surface area contributed by atoms with E-state index < -0.39 is 0 Å². The second-order valence-corrected chi connectivity index (χ2v) is 8.83. The molecule has 3 heterocycles. The molecule has 32 heavy (non-hydrogen) atoms. The number of carbonyl (C=O) groups excluding carboxylic acids is 1. The average molecular weight is 444 g/mol. The lowest BCUT2D eigenvalue weighted by atomic mass is 10.1. The second kappa shape index (κ2) is 9.12. The molecule has 0 fully saturated rings. The summed E-state index contributed by atoms with van der Waals surface area (Å²) >= 11 is 0. The molecule has 0 unspecified atom stereocenters. The number of amides is 1. The van der Waals surface area contributed by atoms with Gasteiger partial charge < -0.3 is 14.6 Å². The van der Waals surface area contributed by atoms with Gasteiger partial charge in [0.15, 0.2) is 0 Å². The summed E-state index contributed by atoms with van der Waals surface area (Å²) < 4.78 is 22.1. The molecule has 0 saturated heterocycles. The van der Waals surface area contributed by atoms with E-state index in [1.54, 1.807) is 55.1 Å². The van der Waals surface area contributed by atoms with Gasteiger partial charge in [0.25, 0.3) is 0 Å². The van der Waals surface area contributed by atoms with Gasteiger partial charge in [-0.05, 0) is 57.9 Å². The van der Waals surface area contributed by atoms with Crippen LogP contribution in [-0.2, 0) is 22.5 Å². The lowest BCUT2D eigenvalue weighted by Crippen LogP contribution is -2.30. The molecule has 3 aromatic rings. The molecule has 1 N–H and O–H groups in total. The van der Waals surface area contributed by atoms with Crippen molar-refractivity contribution in [3.8, 4) is 11.5 Å².